The molecule has 2 atom stereocenters. The maximum Gasteiger partial charge on any atom is 0.407 e. The number of phenolic OH excluding ortho intramolecular Hbond substituents is 1. The topological polar surface area (TPSA) is 142 Å². The van der Waals surface area contributed by atoms with Crippen molar-refractivity contribution >= 4 is 85.8 Å². The summed E-state index contributed by atoms with van der Waals surface area (Å²) in [7, 11) is 1.97. The van der Waals surface area contributed by atoms with Gasteiger partial charge in [-0.3, -0.25) is 29.0 Å². The monoisotopic (exact) mass is 855 g/mol. The second-order valence-corrected chi connectivity index (χ2v) is 16.6. The van der Waals surface area contributed by atoms with E-state index in [2.05, 4.69) is 4.90 Å². The van der Waals surface area contributed by atoms with Crippen molar-refractivity contribution in [1.29, 1.82) is 0 Å². The number of unbranched alkanes of at least 4 members (excludes halogenated alkanes) is 3. The van der Waals surface area contributed by atoms with Crippen molar-refractivity contribution in [2.45, 2.75) is 63.3 Å². The average molecular weight is 857 g/mol. The molecule has 3 aliphatic heterocycles. The summed E-state index contributed by atoms with van der Waals surface area (Å²) in [4.78, 5) is 72.5. The highest BCUT2D eigenvalue weighted by Gasteiger charge is 2.36. The fourth-order valence-corrected chi connectivity index (χ4v) is 9.60. The molecule has 0 aliphatic carbocycles. The highest BCUT2D eigenvalue weighted by molar-refractivity contribution is 6.19. The van der Waals surface area contributed by atoms with Crippen LogP contribution in [0.15, 0.2) is 72.8 Å². The Labute approximate surface area is 359 Å². The van der Waals surface area contributed by atoms with Crippen LogP contribution >= 0.6 is 23.2 Å². The summed E-state index contributed by atoms with van der Waals surface area (Å²) in [6, 6.07) is 18.5. The van der Waals surface area contributed by atoms with E-state index in [1.165, 1.54) is 22.0 Å². The number of hydrogen-bond donors (Lipinski definition) is 2. The van der Waals surface area contributed by atoms with Gasteiger partial charge in [-0.05, 0) is 78.2 Å². The van der Waals surface area contributed by atoms with Crippen LogP contribution in [0, 0.1) is 0 Å². The number of hydrogen-bond acceptors (Lipinski definition) is 7. The van der Waals surface area contributed by atoms with Gasteiger partial charge in [-0.25, -0.2) is 4.79 Å². The van der Waals surface area contributed by atoms with Crippen LogP contribution in [0.4, 0.5) is 16.2 Å². The van der Waals surface area contributed by atoms with Gasteiger partial charge in [-0.2, -0.15) is 0 Å². The molecule has 0 aromatic heterocycles. The summed E-state index contributed by atoms with van der Waals surface area (Å²) in [6.45, 7) is 2.49. The molecular weight excluding hydrogens is 805 g/mol. The molecule has 0 bridgehead atoms. The van der Waals surface area contributed by atoms with Gasteiger partial charge in [0.25, 0.3) is 11.8 Å². The van der Waals surface area contributed by atoms with E-state index in [4.69, 9.17) is 23.2 Å². The first-order valence-electron chi connectivity index (χ1n) is 20.8. The number of phenols is 1. The number of anilines is 2. The number of rotatable bonds is 18. The van der Waals surface area contributed by atoms with Crippen molar-refractivity contribution < 1.29 is 34.2 Å². The zero-order chi connectivity index (χ0) is 42.5. The smallest absolute Gasteiger partial charge is 0.407 e. The number of imide groups is 1. The molecule has 0 saturated carbocycles. The summed E-state index contributed by atoms with van der Waals surface area (Å²) in [5.41, 5.74) is 4.21. The molecule has 2 N–H and O–H groups in total. The molecule has 60 heavy (non-hydrogen) atoms. The first-order chi connectivity index (χ1) is 29.0. The Hall–Kier alpha value is -5.17. The average Bonchev–Trinajstić information content (AvgIpc) is 3.94. The van der Waals surface area contributed by atoms with Crippen LogP contribution in [0.5, 0.6) is 5.75 Å². The normalized spacial score (nSPS) is 16.4. The number of fused-ring (bicyclic) bond motifs is 6. The Bertz CT molecular complexity index is 2320. The number of nitrogens with zero attached hydrogens (tertiary/aromatic N) is 5. The number of halogens is 2. The zero-order valence-electron chi connectivity index (χ0n) is 33.8. The fraction of sp³-hybridized carbons (Fsp3) is 0.413. The van der Waals surface area contributed by atoms with E-state index < -0.39 is 12.1 Å². The Kier molecular flexibility index (Phi) is 13.6. The molecule has 316 valence electrons. The second kappa shape index (κ2) is 19.0. The minimum Gasteiger partial charge on any atom is -0.507 e. The standard InChI is InChI=1S/C46H51Cl2N5O7/c1-49(21-8-2-3-9-22-52-43(57)17-18-44(52)58)29-39(51(24-20-47)46(59)60)36-25-37-33(31-11-4-5-12-32(31)36)19-23-50(37)41(55)15-10-16-42(56)53-28-30(27-48)45-35-14-7-6-13-34(35)40(54)26-38(45)53/h4-7,11-14,17-18,25-26,30,39,54H,2-3,8-10,15-16,19-24,27-29H2,1H3,(H,59,60)/t30-,39-/m1/s1. The van der Waals surface area contributed by atoms with Gasteiger partial charge >= 0.3 is 6.09 Å². The van der Waals surface area contributed by atoms with Crippen LogP contribution in [-0.2, 0) is 25.6 Å². The van der Waals surface area contributed by atoms with Gasteiger partial charge in [0.1, 0.15) is 5.75 Å². The fourth-order valence-electron chi connectivity index (χ4n) is 9.16. The van der Waals surface area contributed by atoms with Crippen molar-refractivity contribution in [2.24, 2.45) is 0 Å². The summed E-state index contributed by atoms with van der Waals surface area (Å²) < 4.78 is 0. The van der Waals surface area contributed by atoms with Crippen LogP contribution in [0.25, 0.3) is 21.5 Å². The summed E-state index contributed by atoms with van der Waals surface area (Å²) >= 11 is 12.6. The summed E-state index contributed by atoms with van der Waals surface area (Å²) in [5.74, 6) is -0.310. The Morgan fingerprint density at radius 1 is 0.800 bits per heavy atom. The molecule has 7 rings (SSSR count). The number of carbonyl (C=O) groups is 5. The van der Waals surface area contributed by atoms with Crippen LogP contribution in [0.1, 0.15) is 73.6 Å². The maximum atomic E-state index is 14.0. The lowest BCUT2D eigenvalue weighted by atomic mass is 9.92. The number of aromatic hydroxyl groups is 1. The van der Waals surface area contributed by atoms with Crippen molar-refractivity contribution in [3.63, 3.8) is 0 Å². The highest BCUT2D eigenvalue weighted by Crippen LogP contribution is 2.46. The number of benzene rings is 4. The van der Waals surface area contributed by atoms with Crippen molar-refractivity contribution in [2.75, 3.05) is 67.9 Å². The third kappa shape index (κ3) is 8.82. The van der Waals surface area contributed by atoms with Gasteiger partial charge in [0.05, 0.1) is 11.7 Å². The number of carbonyl (C=O) groups excluding carboxylic acids is 4. The summed E-state index contributed by atoms with van der Waals surface area (Å²) in [6.07, 6.45) is 6.07. The number of likely N-dealkylation sites (N-methyl/N-ethyl adjacent to an activating group) is 1. The van der Waals surface area contributed by atoms with Crippen molar-refractivity contribution in [1.82, 2.24) is 14.7 Å². The molecule has 12 nitrogen and oxygen atoms in total. The molecule has 3 heterocycles. The maximum absolute atomic E-state index is 14.0. The minimum atomic E-state index is -1.09. The van der Waals surface area contributed by atoms with E-state index in [0.717, 1.165) is 63.2 Å². The van der Waals surface area contributed by atoms with Gasteiger partial charge in [-0.1, -0.05) is 61.4 Å². The van der Waals surface area contributed by atoms with Gasteiger partial charge in [0.15, 0.2) is 0 Å². The van der Waals surface area contributed by atoms with Crippen LogP contribution in [0.2, 0.25) is 0 Å². The first kappa shape index (κ1) is 42.9. The molecule has 0 saturated heterocycles. The Balaban J connectivity index is 1.04. The SMILES string of the molecule is CN(CCCCCCN1C(=O)C=CC1=O)C[C@H](c1cc2c(c3ccccc13)CCN2C(=O)CCCC(=O)N1C[C@@H](CCl)c2c1cc(O)c1ccccc21)N(CCCl)C(=O)O. The summed E-state index contributed by atoms with van der Waals surface area (Å²) in [5, 5.41) is 24.8. The molecule has 4 aromatic carbocycles. The predicted octanol–water partition coefficient (Wildman–Crippen LogP) is 7.80. The van der Waals surface area contributed by atoms with E-state index in [1.54, 1.807) is 15.9 Å². The third-order valence-electron chi connectivity index (χ3n) is 12.1. The van der Waals surface area contributed by atoms with Crippen molar-refractivity contribution in [3.8, 4) is 5.75 Å². The molecule has 0 fully saturated rings. The molecule has 3 aliphatic rings. The molecule has 0 radical (unpaired) electrons. The van der Waals surface area contributed by atoms with E-state index >= 15 is 0 Å². The molecule has 14 heteroatoms. The third-order valence-corrected chi connectivity index (χ3v) is 12.7. The van der Waals surface area contributed by atoms with E-state index in [9.17, 15) is 34.2 Å². The predicted molar refractivity (Wildman–Crippen MR) is 235 cm³/mol. The van der Waals surface area contributed by atoms with Gasteiger partial charge in [-0.15, -0.1) is 23.2 Å². The van der Waals surface area contributed by atoms with E-state index in [1.807, 2.05) is 61.6 Å². The van der Waals surface area contributed by atoms with E-state index in [-0.39, 0.29) is 60.6 Å². The number of alkyl halides is 2. The Morgan fingerprint density at radius 2 is 1.45 bits per heavy atom. The lowest BCUT2D eigenvalue weighted by molar-refractivity contribution is -0.137. The van der Waals surface area contributed by atoms with Gasteiger partial charge < -0.3 is 24.9 Å². The molecule has 0 spiro atoms. The zero-order valence-corrected chi connectivity index (χ0v) is 35.3. The lowest BCUT2D eigenvalue weighted by Crippen LogP contribution is -2.41. The number of carboxylic acid groups (broad SMARTS) is 1. The molecule has 5 amide bonds. The van der Waals surface area contributed by atoms with Crippen LogP contribution in [-0.4, -0.2) is 113 Å². The highest BCUT2D eigenvalue weighted by atomic mass is 35.5. The van der Waals surface area contributed by atoms with Crippen LogP contribution < -0.4 is 9.80 Å². The minimum absolute atomic E-state index is 0.0799. The Morgan fingerprint density at radius 3 is 2.13 bits per heavy atom. The molecule has 4 aromatic rings. The quantitative estimate of drug-likeness (QED) is 0.0587. The first-order valence-corrected chi connectivity index (χ1v) is 21.8. The van der Waals surface area contributed by atoms with Gasteiger partial charge in [0.2, 0.25) is 11.8 Å². The van der Waals surface area contributed by atoms with Gasteiger partial charge in [0, 0.05) is 92.5 Å². The molecule has 0 unspecified atom stereocenters. The lowest BCUT2D eigenvalue weighted by Gasteiger charge is -2.34. The van der Waals surface area contributed by atoms with E-state index in [0.29, 0.717) is 63.6 Å². The molecular formula is C46H51Cl2N5O7. The second-order valence-electron chi connectivity index (χ2n) is 15.9. The van der Waals surface area contributed by atoms with Crippen LogP contribution in [0.3, 0.4) is 0 Å². The number of amides is 5. The van der Waals surface area contributed by atoms with Crippen molar-refractivity contribution in [3.05, 3.63) is 89.5 Å². The largest absolute Gasteiger partial charge is 0.507 e.